The molecule has 2 aromatic rings. The minimum absolute atomic E-state index is 0.188. The van der Waals surface area contributed by atoms with Gasteiger partial charge in [-0.2, -0.15) is 0 Å². The molecule has 0 saturated carbocycles. The van der Waals surface area contributed by atoms with Crippen molar-refractivity contribution in [3.8, 4) is 0 Å². The molecule has 3 rings (SSSR count). The van der Waals surface area contributed by atoms with Crippen LogP contribution in [0.4, 0.5) is 10.5 Å². The number of hydrogen-bond donors (Lipinski definition) is 2. The normalized spacial score (nSPS) is 13.6. The number of hydrogen-bond acceptors (Lipinski definition) is 3. The summed E-state index contributed by atoms with van der Waals surface area (Å²) in [5, 5.41) is 2.59. The predicted molar refractivity (Wildman–Crippen MR) is 92.4 cm³/mol. The van der Waals surface area contributed by atoms with E-state index in [1.54, 1.807) is 24.1 Å². The van der Waals surface area contributed by atoms with E-state index in [2.05, 4.69) is 10.0 Å². The van der Waals surface area contributed by atoms with E-state index < -0.39 is 10.0 Å². The lowest BCUT2D eigenvalue weighted by Gasteiger charge is -2.16. The summed E-state index contributed by atoms with van der Waals surface area (Å²) in [5.74, 6) is 0. The summed E-state index contributed by atoms with van der Waals surface area (Å²) in [6.07, 6.45) is 0.644. The van der Waals surface area contributed by atoms with Gasteiger partial charge in [-0.3, -0.25) is 4.90 Å². The standard InChI is InChI=1S/C17H19N3O3S/c1-18-17(21)20-10-9-14-11-15(7-8-16(14)20)24(22,23)19-12-13-5-3-2-4-6-13/h2-8,11,19H,9-10,12H2,1H3,(H,18,21). The highest BCUT2D eigenvalue weighted by molar-refractivity contribution is 7.89. The van der Waals surface area contributed by atoms with Crippen LogP contribution >= 0.6 is 0 Å². The molecule has 0 aromatic heterocycles. The fourth-order valence-electron chi connectivity index (χ4n) is 2.75. The summed E-state index contributed by atoms with van der Waals surface area (Å²) in [6.45, 7) is 0.792. The Morgan fingerprint density at radius 2 is 1.92 bits per heavy atom. The Kier molecular flexibility index (Phi) is 4.55. The number of urea groups is 1. The van der Waals surface area contributed by atoms with Gasteiger partial charge in [-0.15, -0.1) is 0 Å². The van der Waals surface area contributed by atoms with Gasteiger partial charge in [-0.1, -0.05) is 30.3 Å². The molecule has 0 fully saturated rings. The molecule has 0 atom stereocenters. The zero-order valence-electron chi connectivity index (χ0n) is 13.3. The lowest BCUT2D eigenvalue weighted by molar-refractivity contribution is 0.248. The quantitative estimate of drug-likeness (QED) is 0.888. The first kappa shape index (κ1) is 16.5. The molecule has 0 radical (unpaired) electrons. The molecule has 0 spiro atoms. The maximum atomic E-state index is 12.5. The lowest BCUT2D eigenvalue weighted by atomic mass is 10.2. The summed E-state index contributed by atoms with van der Waals surface area (Å²) >= 11 is 0. The van der Waals surface area contributed by atoms with Crippen molar-refractivity contribution in [1.82, 2.24) is 10.0 Å². The number of rotatable bonds is 4. The fraction of sp³-hybridized carbons (Fsp3) is 0.235. The third kappa shape index (κ3) is 3.27. The zero-order chi connectivity index (χ0) is 17.2. The average Bonchev–Trinajstić information content (AvgIpc) is 3.03. The monoisotopic (exact) mass is 345 g/mol. The van der Waals surface area contributed by atoms with Gasteiger partial charge in [0, 0.05) is 25.8 Å². The van der Waals surface area contributed by atoms with E-state index in [0.29, 0.717) is 13.0 Å². The molecular formula is C17H19N3O3S. The van der Waals surface area contributed by atoms with E-state index >= 15 is 0 Å². The lowest BCUT2D eigenvalue weighted by Crippen LogP contribution is -2.36. The summed E-state index contributed by atoms with van der Waals surface area (Å²) in [6, 6.07) is 14.0. The van der Waals surface area contributed by atoms with Crippen LogP contribution in [-0.2, 0) is 23.0 Å². The van der Waals surface area contributed by atoms with Crippen LogP contribution < -0.4 is 14.9 Å². The Morgan fingerprint density at radius 3 is 2.62 bits per heavy atom. The first-order chi connectivity index (χ1) is 11.5. The second-order valence-electron chi connectivity index (χ2n) is 5.56. The highest BCUT2D eigenvalue weighted by Gasteiger charge is 2.26. The van der Waals surface area contributed by atoms with Crippen LogP contribution in [-0.4, -0.2) is 28.0 Å². The van der Waals surface area contributed by atoms with Crippen molar-refractivity contribution in [2.24, 2.45) is 0 Å². The summed E-state index contributed by atoms with van der Waals surface area (Å²) in [5.41, 5.74) is 2.52. The molecule has 0 unspecified atom stereocenters. The Balaban J connectivity index is 1.79. The van der Waals surface area contributed by atoms with Crippen molar-refractivity contribution in [1.29, 1.82) is 0 Å². The number of carbonyl (C=O) groups is 1. The van der Waals surface area contributed by atoms with Gasteiger partial charge >= 0.3 is 6.03 Å². The van der Waals surface area contributed by atoms with Gasteiger partial charge in [0.15, 0.2) is 0 Å². The molecule has 1 aliphatic heterocycles. The van der Waals surface area contributed by atoms with Gasteiger partial charge in [0.1, 0.15) is 0 Å². The van der Waals surface area contributed by atoms with Crippen LogP contribution in [0.5, 0.6) is 0 Å². The molecule has 0 saturated heterocycles. The van der Waals surface area contributed by atoms with Gasteiger partial charge < -0.3 is 5.32 Å². The molecule has 2 aromatic carbocycles. The summed E-state index contributed by atoms with van der Waals surface area (Å²) in [4.78, 5) is 13.6. The molecule has 1 aliphatic rings. The Labute approximate surface area is 141 Å². The number of benzene rings is 2. The number of amides is 2. The van der Waals surface area contributed by atoms with Gasteiger partial charge in [-0.25, -0.2) is 17.9 Å². The molecule has 0 aliphatic carbocycles. The van der Waals surface area contributed by atoms with Crippen LogP contribution in [0.3, 0.4) is 0 Å². The van der Waals surface area contributed by atoms with Crippen LogP contribution in [0.25, 0.3) is 0 Å². The molecule has 1 heterocycles. The van der Waals surface area contributed by atoms with Crippen molar-refractivity contribution < 1.29 is 13.2 Å². The molecule has 126 valence electrons. The Bertz CT molecular complexity index is 851. The fourth-order valence-corrected chi connectivity index (χ4v) is 3.82. The van der Waals surface area contributed by atoms with Gasteiger partial charge in [-0.05, 0) is 35.7 Å². The topological polar surface area (TPSA) is 78.5 Å². The highest BCUT2D eigenvalue weighted by atomic mass is 32.2. The van der Waals surface area contributed by atoms with Crippen LogP contribution in [0.2, 0.25) is 0 Å². The summed E-state index contributed by atoms with van der Waals surface area (Å²) < 4.78 is 27.6. The highest BCUT2D eigenvalue weighted by Crippen LogP contribution is 2.30. The maximum absolute atomic E-state index is 12.5. The zero-order valence-corrected chi connectivity index (χ0v) is 14.1. The minimum Gasteiger partial charge on any atom is -0.341 e. The first-order valence-electron chi connectivity index (χ1n) is 7.67. The number of nitrogens with one attached hydrogen (secondary N) is 2. The molecule has 2 N–H and O–H groups in total. The number of nitrogens with zero attached hydrogens (tertiary/aromatic N) is 1. The van der Waals surface area contributed by atoms with Crippen molar-refractivity contribution in [2.45, 2.75) is 17.9 Å². The second kappa shape index (κ2) is 6.62. The van der Waals surface area contributed by atoms with Crippen molar-refractivity contribution in [3.05, 3.63) is 59.7 Å². The smallest absolute Gasteiger partial charge is 0.321 e. The van der Waals surface area contributed by atoms with E-state index in [9.17, 15) is 13.2 Å². The maximum Gasteiger partial charge on any atom is 0.321 e. The van der Waals surface area contributed by atoms with Crippen LogP contribution in [0, 0.1) is 0 Å². The van der Waals surface area contributed by atoms with Gasteiger partial charge in [0.25, 0.3) is 0 Å². The molecule has 7 heteroatoms. The van der Waals surface area contributed by atoms with E-state index in [0.717, 1.165) is 16.8 Å². The van der Waals surface area contributed by atoms with E-state index in [1.165, 1.54) is 6.07 Å². The largest absolute Gasteiger partial charge is 0.341 e. The van der Waals surface area contributed by atoms with E-state index in [4.69, 9.17) is 0 Å². The summed E-state index contributed by atoms with van der Waals surface area (Å²) in [7, 11) is -2.02. The van der Waals surface area contributed by atoms with Gasteiger partial charge in [0.05, 0.1) is 4.90 Å². The number of anilines is 1. The Morgan fingerprint density at radius 1 is 1.17 bits per heavy atom. The third-order valence-corrected chi connectivity index (χ3v) is 5.42. The predicted octanol–water partition coefficient (Wildman–Crippen LogP) is 1.87. The Hall–Kier alpha value is -2.38. The average molecular weight is 345 g/mol. The van der Waals surface area contributed by atoms with Crippen LogP contribution in [0.15, 0.2) is 53.4 Å². The number of sulfonamides is 1. The van der Waals surface area contributed by atoms with Gasteiger partial charge in [0.2, 0.25) is 10.0 Å². The van der Waals surface area contributed by atoms with E-state index in [1.807, 2.05) is 30.3 Å². The van der Waals surface area contributed by atoms with Crippen LogP contribution in [0.1, 0.15) is 11.1 Å². The number of fused-ring (bicyclic) bond motifs is 1. The first-order valence-corrected chi connectivity index (χ1v) is 9.15. The molecular weight excluding hydrogens is 326 g/mol. The van der Waals surface area contributed by atoms with Crippen molar-refractivity contribution in [3.63, 3.8) is 0 Å². The third-order valence-electron chi connectivity index (χ3n) is 4.02. The van der Waals surface area contributed by atoms with Crippen molar-refractivity contribution >= 4 is 21.7 Å². The second-order valence-corrected chi connectivity index (χ2v) is 7.32. The van der Waals surface area contributed by atoms with E-state index in [-0.39, 0.29) is 17.5 Å². The molecule has 24 heavy (non-hydrogen) atoms. The molecule has 0 bridgehead atoms. The SMILES string of the molecule is CNC(=O)N1CCc2cc(S(=O)(=O)NCc3ccccc3)ccc21. The number of carbonyl (C=O) groups excluding carboxylic acids is 1. The molecule has 6 nitrogen and oxygen atoms in total. The molecule has 2 amide bonds. The minimum atomic E-state index is -3.59. The van der Waals surface area contributed by atoms with Crippen molar-refractivity contribution in [2.75, 3.05) is 18.5 Å².